The van der Waals surface area contributed by atoms with E-state index in [0.29, 0.717) is 24.1 Å². The zero-order chi connectivity index (χ0) is 27.2. The van der Waals surface area contributed by atoms with E-state index in [1.807, 2.05) is 0 Å². The second kappa shape index (κ2) is 9.72. The van der Waals surface area contributed by atoms with Crippen LogP contribution in [0.15, 0.2) is 41.4 Å². The number of carbonyl (C=O) groups excluding carboxylic acids is 1. The van der Waals surface area contributed by atoms with Gasteiger partial charge in [0.05, 0.1) is 39.9 Å². The highest BCUT2D eigenvalue weighted by atomic mass is 32.2. The summed E-state index contributed by atoms with van der Waals surface area (Å²) < 4.78 is 75.4. The molecule has 0 bridgehead atoms. The Kier molecular flexibility index (Phi) is 7.12. The van der Waals surface area contributed by atoms with Crippen molar-refractivity contribution < 1.29 is 31.1 Å². The fraction of sp³-hybridized carbons (Fsp3) is 0.500. The summed E-state index contributed by atoms with van der Waals surface area (Å²) in [5.74, 6) is -1.41. The summed E-state index contributed by atoms with van der Waals surface area (Å²) in [7, 11) is -4.49. The SMILES string of the molecule is Cc1cc(-c2ccc(S(=O)(=O)[C@H]3C[C@@H](OC(C)C)[C@H](C(=O)NC4(C#N)CC4)C3)c(C(F)(F)F)c2)ccn1. The van der Waals surface area contributed by atoms with Crippen molar-refractivity contribution in [3.05, 3.63) is 47.8 Å². The minimum Gasteiger partial charge on any atom is -0.375 e. The van der Waals surface area contributed by atoms with Crippen LogP contribution in [-0.4, -0.2) is 42.3 Å². The minimum atomic E-state index is -4.92. The molecule has 1 amide bonds. The number of hydrogen-bond donors (Lipinski definition) is 1. The Balaban J connectivity index is 1.68. The molecule has 2 saturated carbocycles. The Bertz CT molecular complexity index is 1350. The fourth-order valence-electron chi connectivity index (χ4n) is 4.79. The second-order valence-corrected chi connectivity index (χ2v) is 12.2. The number of halogens is 3. The molecule has 0 aliphatic heterocycles. The summed E-state index contributed by atoms with van der Waals surface area (Å²) in [6.45, 7) is 5.17. The normalized spacial score (nSPS) is 23.0. The van der Waals surface area contributed by atoms with Gasteiger partial charge < -0.3 is 10.1 Å². The monoisotopic (exact) mass is 535 g/mol. The number of hydrogen-bond acceptors (Lipinski definition) is 6. The van der Waals surface area contributed by atoms with Crippen molar-refractivity contribution in [3.63, 3.8) is 0 Å². The molecule has 37 heavy (non-hydrogen) atoms. The van der Waals surface area contributed by atoms with Gasteiger partial charge >= 0.3 is 6.18 Å². The number of aromatic nitrogens is 1. The largest absolute Gasteiger partial charge is 0.417 e. The van der Waals surface area contributed by atoms with Crippen molar-refractivity contribution in [2.24, 2.45) is 5.92 Å². The number of pyridine rings is 1. The third kappa shape index (κ3) is 5.65. The number of amides is 1. The molecule has 0 unspecified atom stereocenters. The predicted octanol–water partition coefficient (Wildman–Crippen LogP) is 4.59. The van der Waals surface area contributed by atoms with E-state index in [-0.39, 0.29) is 24.5 Å². The summed E-state index contributed by atoms with van der Waals surface area (Å²) in [5, 5.41) is 10.7. The van der Waals surface area contributed by atoms with Crippen molar-refractivity contribution in [1.29, 1.82) is 5.26 Å². The molecule has 3 atom stereocenters. The van der Waals surface area contributed by atoms with Gasteiger partial charge in [0.15, 0.2) is 9.84 Å². The smallest absolute Gasteiger partial charge is 0.375 e. The van der Waals surface area contributed by atoms with E-state index in [4.69, 9.17) is 4.74 Å². The van der Waals surface area contributed by atoms with E-state index in [2.05, 4.69) is 16.4 Å². The van der Waals surface area contributed by atoms with E-state index in [0.717, 1.165) is 12.1 Å². The Morgan fingerprint density at radius 2 is 1.86 bits per heavy atom. The number of benzene rings is 1. The number of aryl methyl sites for hydroxylation is 1. The maximum absolute atomic E-state index is 14.1. The molecule has 11 heteroatoms. The Morgan fingerprint density at radius 1 is 1.19 bits per heavy atom. The first kappa shape index (κ1) is 27.1. The molecule has 2 aliphatic rings. The van der Waals surface area contributed by atoms with Crippen molar-refractivity contribution >= 4 is 15.7 Å². The zero-order valence-corrected chi connectivity index (χ0v) is 21.5. The van der Waals surface area contributed by atoms with E-state index in [9.17, 15) is 31.6 Å². The first-order valence-electron chi connectivity index (χ1n) is 12.0. The highest BCUT2D eigenvalue weighted by Crippen LogP contribution is 2.43. The minimum absolute atomic E-state index is 0.124. The molecule has 0 spiro atoms. The lowest BCUT2D eigenvalue weighted by molar-refractivity contribution is -0.139. The summed E-state index contributed by atoms with van der Waals surface area (Å²) in [4.78, 5) is 16.2. The molecule has 0 radical (unpaired) electrons. The van der Waals surface area contributed by atoms with Gasteiger partial charge in [0.1, 0.15) is 5.54 Å². The molecule has 1 aromatic carbocycles. The third-order valence-corrected chi connectivity index (χ3v) is 9.06. The van der Waals surface area contributed by atoms with Crippen LogP contribution >= 0.6 is 0 Å². The van der Waals surface area contributed by atoms with Gasteiger partial charge in [-0.25, -0.2) is 8.42 Å². The molecule has 1 heterocycles. The summed E-state index contributed by atoms with van der Waals surface area (Å²) in [6.07, 6.45) is -3.91. The van der Waals surface area contributed by atoms with Gasteiger partial charge in [-0.3, -0.25) is 9.78 Å². The Morgan fingerprint density at radius 3 is 2.43 bits per heavy atom. The number of carbonyl (C=O) groups is 1. The molecule has 2 fully saturated rings. The lowest BCUT2D eigenvalue weighted by Gasteiger charge is -2.22. The first-order valence-corrected chi connectivity index (χ1v) is 13.6. The van der Waals surface area contributed by atoms with Crippen LogP contribution < -0.4 is 5.32 Å². The lowest BCUT2D eigenvalue weighted by Crippen LogP contribution is -2.43. The zero-order valence-electron chi connectivity index (χ0n) is 20.7. The first-order chi connectivity index (χ1) is 17.3. The van der Waals surface area contributed by atoms with Gasteiger partial charge in [-0.15, -0.1) is 0 Å². The number of rotatable bonds is 7. The number of nitrogens with zero attached hydrogens (tertiary/aromatic N) is 2. The number of sulfone groups is 1. The molecular weight excluding hydrogens is 507 g/mol. The summed E-state index contributed by atoms with van der Waals surface area (Å²) in [5.41, 5.74) is -0.904. The molecule has 2 aliphatic carbocycles. The average Bonchev–Trinajstić information content (AvgIpc) is 3.46. The van der Waals surface area contributed by atoms with E-state index in [1.54, 1.807) is 32.9 Å². The van der Waals surface area contributed by atoms with Crippen molar-refractivity contribution in [2.45, 2.75) is 80.5 Å². The van der Waals surface area contributed by atoms with Crippen LogP contribution in [-0.2, 0) is 25.5 Å². The third-order valence-electron chi connectivity index (χ3n) is 6.83. The molecule has 2 aromatic rings. The van der Waals surface area contributed by atoms with Gasteiger partial charge in [0.25, 0.3) is 0 Å². The van der Waals surface area contributed by atoms with Gasteiger partial charge in [0, 0.05) is 11.9 Å². The van der Waals surface area contributed by atoms with E-state index < -0.39 is 55.2 Å². The van der Waals surface area contributed by atoms with Crippen LogP contribution in [0.4, 0.5) is 13.2 Å². The average molecular weight is 536 g/mol. The molecule has 1 N–H and O–H groups in total. The van der Waals surface area contributed by atoms with Crippen molar-refractivity contribution in [3.8, 4) is 17.2 Å². The van der Waals surface area contributed by atoms with Crippen molar-refractivity contribution in [1.82, 2.24) is 10.3 Å². The van der Waals surface area contributed by atoms with Gasteiger partial charge in [0.2, 0.25) is 5.91 Å². The second-order valence-electron chi connectivity index (χ2n) is 10.0. The van der Waals surface area contributed by atoms with Gasteiger partial charge in [-0.05, 0) is 81.8 Å². The molecular formula is C26H28F3N3O4S. The van der Waals surface area contributed by atoms with Crippen LogP contribution in [0.25, 0.3) is 11.1 Å². The topological polar surface area (TPSA) is 109 Å². The maximum Gasteiger partial charge on any atom is 0.417 e. The van der Waals surface area contributed by atoms with Crippen molar-refractivity contribution in [2.75, 3.05) is 0 Å². The van der Waals surface area contributed by atoms with E-state index in [1.165, 1.54) is 12.3 Å². The van der Waals surface area contributed by atoms with Crippen LogP contribution in [0, 0.1) is 24.2 Å². The number of nitriles is 1. The van der Waals surface area contributed by atoms with Crippen LogP contribution in [0.5, 0.6) is 0 Å². The van der Waals surface area contributed by atoms with Crippen LogP contribution in [0.2, 0.25) is 0 Å². The quantitative estimate of drug-likeness (QED) is 0.555. The number of ether oxygens (including phenoxy) is 1. The Labute approximate surface area is 214 Å². The molecule has 7 nitrogen and oxygen atoms in total. The van der Waals surface area contributed by atoms with Crippen LogP contribution in [0.1, 0.15) is 50.8 Å². The number of alkyl halides is 3. The van der Waals surface area contributed by atoms with Gasteiger partial charge in [-0.2, -0.15) is 18.4 Å². The standard InChI is InChI=1S/C26H28F3N3O4S/c1-15(2)36-22-13-19(12-20(22)24(33)32-25(14-30)7-8-25)37(34,35)23-5-4-17(11-21(23)26(27,28)29)18-6-9-31-16(3)10-18/h4-6,9-11,15,19-20,22H,7-8,12-13H2,1-3H3,(H,32,33)/t19-,20-,22-/m1/s1. The summed E-state index contributed by atoms with van der Waals surface area (Å²) >= 11 is 0. The fourth-order valence-corrected chi connectivity index (χ4v) is 6.79. The van der Waals surface area contributed by atoms with Crippen LogP contribution in [0.3, 0.4) is 0 Å². The molecule has 4 rings (SSSR count). The lowest BCUT2D eigenvalue weighted by atomic mass is 10.0. The predicted molar refractivity (Wildman–Crippen MR) is 129 cm³/mol. The van der Waals surface area contributed by atoms with E-state index >= 15 is 0 Å². The number of nitrogens with one attached hydrogen (secondary N) is 1. The molecule has 0 saturated heterocycles. The molecule has 1 aromatic heterocycles. The highest BCUT2D eigenvalue weighted by molar-refractivity contribution is 7.92. The maximum atomic E-state index is 14.1. The molecule has 198 valence electrons. The highest BCUT2D eigenvalue weighted by Gasteiger charge is 2.51. The Hall–Kier alpha value is -2.97. The van der Waals surface area contributed by atoms with Gasteiger partial charge in [-0.1, -0.05) is 6.07 Å². The summed E-state index contributed by atoms with van der Waals surface area (Å²) in [6, 6.07) is 8.41.